The van der Waals surface area contributed by atoms with Crippen molar-refractivity contribution in [1.82, 2.24) is 19.8 Å². The van der Waals surface area contributed by atoms with Gasteiger partial charge >= 0.3 is 0 Å². The minimum absolute atomic E-state index is 0.0164. The van der Waals surface area contributed by atoms with Crippen molar-refractivity contribution in [2.24, 2.45) is 5.41 Å². The highest BCUT2D eigenvalue weighted by Crippen LogP contribution is 2.39. The monoisotopic (exact) mass is 316 g/mol. The fraction of sp³-hybridized carbons (Fsp3) is 0.647. The van der Waals surface area contributed by atoms with Gasteiger partial charge in [0.05, 0.1) is 5.56 Å². The summed E-state index contributed by atoms with van der Waals surface area (Å²) in [5.41, 5.74) is 0.760. The average molecular weight is 316 g/mol. The van der Waals surface area contributed by atoms with Crippen LogP contribution in [0.15, 0.2) is 12.4 Å². The summed E-state index contributed by atoms with van der Waals surface area (Å²) in [6.45, 7) is 4.31. The molecule has 2 fully saturated rings. The number of amides is 2. The summed E-state index contributed by atoms with van der Waals surface area (Å²) in [7, 11) is 1.88. The number of carbonyl (C=O) groups is 2. The third kappa shape index (κ3) is 3.21. The van der Waals surface area contributed by atoms with E-state index in [1.165, 1.54) is 0 Å². The smallest absolute Gasteiger partial charge is 0.256 e. The Morgan fingerprint density at radius 1 is 1.22 bits per heavy atom. The van der Waals surface area contributed by atoms with Crippen molar-refractivity contribution < 1.29 is 9.59 Å². The standard InChI is InChI=1S/C17H24N4O2/c1-3-14-18-10-13(11-19-14)16(23)21-8-6-17(7-9-21)5-4-15(22)20(2)12-17/h10-11H,3-9,12H2,1-2H3. The normalized spacial score (nSPS) is 20.9. The van der Waals surface area contributed by atoms with E-state index in [-0.39, 0.29) is 17.2 Å². The van der Waals surface area contributed by atoms with Gasteiger partial charge in [-0.15, -0.1) is 0 Å². The topological polar surface area (TPSA) is 66.4 Å². The molecule has 6 heteroatoms. The number of likely N-dealkylation sites (tertiary alicyclic amines) is 2. The van der Waals surface area contributed by atoms with Crippen molar-refractivity contribution in [2.75, 3.05) is 26.7 Å². The maximum Gasteiger partial charge on any atom is 0.256 e. The highest BCUT2D eigenvalue weighted by molar-refractivity contribution is 5.93. The van der Waals surface area contributed by atoms with E-state index in [2.05, 4.69) is 9.97 Å². The second-order valence-corrected chi connectivity index (χ2v) is 6.78. The van der Waals surface area contributed by atoms with E-state index < -0.39 is 0 Å². The maximum atomic E-state index is 12.6. The number of rotatable bonds is 2. The molecule has 0 aromatic carbocycles. The van der Waals surface area contributed by atoms with Crippen LogP contribution < -0.4 is 0 Å². The second kappa shape index (κ2) is 6.26. The minimum Gasteiger partial charge on any atom is -0.345 e. The Kier molecular flexibility index (Phi) is 4.33. The molecule has 1 aromatic rings. The zero-order chi connectivity index (χ0) is 16.4. The lowest BCUT2D eigenvalue weighted by molar-refractivity contribution is -0.137. The van der Waals surface area contributed by atoms with E-state index in [0.717, 1.165) is 51.1 Å². The van der Waals surface area contributed by atoms with Crippen LogP contribution in [0.3, 0.4) is 0 Å². The Hall–Kier alpha value is -1.98. The van der Waals surface area contributed by atoms with Crippen LogP contribution in [0.2, 0.25) is 0 Å². The van der Waals surface area contributed by atoms with Gasteiger partial charge in [0, 0.05) is 51.9 Å². The Morgan fingerprint density at radius 3 is 2.43 bits per heavy atom. The highest BCUT2D eigenvalue weighted by atomic mass is 16.2. The van der Waals surface area contributed by atoms with Crippen molar-refractivity contribution in [3.8, 4) is 0 Å². The van der Waals surface area contributed by atoms with Crippen molar-refractivity contribution >= 4 is 11.8 Å². The summed E-state index contributed by atoms with van der Waals surface area (Å²) in [5.74, 6) is 1.01. The molecule has 0 bridgehead atoms. The molecular weight excluding hydrogens is 292 g/mol. The van der Waals surface area contributed by atoms with Crippen LogP contribution in [-0.4, -0.2) is 58.3 Å². The molecule has 1 spiro atoms. The second-order valence-electron chi connectivity index (χ2n) is 6.78. The predicted octanol–water partition coefficient (Wildman–Crippen LogP) is 1.51. The molecule has 3 rings (SSSR count). The van der Waals surface area contributed by atoms with Gasteiger partial charge in [0.15, 0.2) is 0 Å². The van der Waals surface area contributed by atoms with E-state index in [1.807, 2.05) is 23.8 Å². The average Bonchev–Trinajstić information content (AvgIpc) is 2.59. The van der Waals surface area contributed by atoms with Crippen LogP contribution in [0.25, 0.3) is 0 Å². The Bertz CT molecular complexity index is 591. The van der Waals surface area contributed by atoms with Gasteiger partial charge in [0.2, 0.25) is 5.91 Å². The molecule has 23 heavy (non-hydrogen) atoms. The molecule has 1 aromatic heterocycles. The molecule has 3 heterocycles. The SMILES string of the molecule is CCc1ncc(C(=O)N2CCC3(CCC(=O)N(C)C3)CC2)cn1. The van der Waals surface area contributed by atoms with Gasteiger partial charge in [-0.1, -0.05) is 6.92 Å². The molecule has 6 nitrogen and oxygen atoms in total. The lowest BCUT2D eigenvalue weighted by atomic mass is 9.72. The number of aryl methyl sites for hydroxylation is 1. The molecule has 2 aliphatic rings. The van der Waals surface area contributed by atoms with Gasteiger partial charge in [-0.3, -0.25) is 9.59 Å². The first-order valence-corrected chi connectivity index (χ1v) is 8.37. The molecule has 2 saturated heterocycles. The Balaban J connectivity index is 1.62. The molecule has 0 N–H and O–H groups in total. The fourth-order valence-corrected chi connectivity index (χ4v) is 3.66. The van der Waals surface area contributed by atoms with Crippen molar-refractivity contribution in [1.29, 1.82) is 0 Å². The number of nitrogens with zero attached hydrogens (tertiary/aromatic N) is 4. The van der Waals surface area contributed by atoms with Gasteiger partial charge < -0.3 is 9.80 Å². The summed E-state index contributed by atoms with van der Waals surface area (Å²) in [6.07, 6.45) is 7.54. The molecule has 0 saturated carbocycles. The lowest BCUT2D eigenvalue weighted by Crippen LogP contribution is -2.51. The summed E-state index contributed by atoms with van der Waals surface area (Å²) >= 11 is 0. The third-order valence-electron chi connectivity index (χ3n) is 5.25. The molecule has 0 aliphatic carbocycles. The zero-order valence-electron chi connectivity index (χ0n) is 13.9. The van der Waals surface area contributed by atoms with Gasteiger partial charge in [-0.05, 0) is 24.7 Å². The maximum absolute atomic E-state index is 12.6. The van der Waals surface area contributed by atoms with E-state index >= 15 is 0 Å². The van der Waals surface area contributed by atoms with Gasteiger partial charge in [-0.2, -0.15) is 0 Å². The summed E-state index contributed by atoms with van der Waals surface area (Å²) in [5, 5.41) is 0. The Labute approximate surface area is 136 Å². The van der Waals surface area contributed by atoms with Crippen LogP contribution in [0.1, 0.15) is 48.8 Å². The zero-order valence-corrected chi connectivity index (χ0v) is 13.9. The van der Waals surface area contributed by atoms with Crippen molar-refractivity contribution in [2.45, 2.75) is 39.0 Å². The summed E-state index contributed by atoms with van der Waals surface area (Å²) < 4.78 is 0. The van der Waals surface area contributed by atoms with Gasteiger partial charge in [-0.25, -0.2) is 9.97 Å². The Morgan fingerprint density at radius 2 is 1.87 bits per heavy atom. The molecule has 2 aliphatic heterocycles. The first-order chi connectivity index (χ1) is 11.0. The summed E-state index contributed by atoms with van der Waals surface area (Å²) in [4.78, 5) is 36.4. The number of piperidine rings is 2. The molecule has 124 valence electrons. The molecule has 0 atom stereocenters. The van der Waals surface area contributed by atoms with Gasteiger partial charge in [0.25, 0.3) is 5.91 Å². The van der Waals surface area contributed by atoms with Crippen LogP contribution in [0, 0.1) is 5.41 Å². The first kappa shape index (κ1) is 15.9. The largest absolute Gasteiger partial charge is 0.345 e. The van der Waals surface area contributed by atoms with Crippen LogP contribution in [-0.2, 0) is 11.2 Å². The van der Waals surface area contributed by atoms with Crippen LogP contribution >= 0.6 is 0 Å². The number of carbonyl (C=O) groups excluding carboxylic acids is 2. The number of hydrogen-bond acceptors (Lipinski definition) is 4. The molecule has 2 amide bonds. The first-order valence-electron chi connectivity index (χ1n) is 8.37. The minimum atomic E-state index is 0.0164. The van der Waals surface area contributed by atoms with Gasteiger partial charge in [0.1, 0.15) is 5.82 Å². The predicted molar refractivity (Wildman–Crippen MR) is 85.9 cm³/mol. The van der Waals surface area contributed by atoms with E-state index in [4.69, 9.17) is 0 Å². The van der Waals surface area contributed by atoms with Crippen molar-refractivity contribution in [3.63, 3.8) is 0 Å². The molecule has 0 radical (unpaired) electrons. The number of aromatic nitrogens is 2. The molecule has 0 unspecified atom stereocenters. The highest BCUT2D eigenvalue weighted by Gasteiger charge is 2.40. The van der Waals surface area contributed by atoms with Crippen LogP contribution in [0.5, 0.6) is 0 Å². The lowest BCUT2D eigenvalue weighted by Gasteiger charge is -2.46. The van der Waals surface area contributed by atoms with Crippen LogP contribution in [0.4, 0.5) is 0 Å². The van der Waals surface area contributed by atoms with E-state index in [9.17, 15) is 9.59 Å². The van der Waals surface area contributed by atoms with Crippen molar-refractivity contribution in [3.05, 3.63) is 23.8 Å². The molecular formula is C17H24N4O2. The summed E-state index contributed by atoms with van der Waals surface area (Å²) in [6, 6.07) is 0. The fourth-order valence-electron chi connectivity index (χ4n) is 3.66. The quantitative estimate of drug-likeness (QED) is 0.829. The third-order valence-corrected chi connectivity index (χ3v) is 5.25. The van der Waals surface area contributed by atoms with E-state index in [1.54, 1.807) is 12.4 Å². The number of hydrogen-bond donors (Lipinski definition) is 0. The van der Waals surface area contributed by atoms with E-state index in [0.29, 0.717) is 12.0 Å².